The fraction of sp³-hybridized carbons (Fsp3) is 0.560. The molecular formula is C25H34N4O4. The number of fused-ring (bicyclic) bond motifs is 3. The van der Waals surface area contributed by atoms with Gasteiger partial charge in [0, 0.05) is 38.3 Å². The van der Waals surface area contributed by atoms with Crippen molar-refractivity contribution in [3.05, 3.63) is 42.0 Å². The minimum Gasteiger partial charge on any atom is -0.477 e. The van der Waals surface area contributed by atoms with Crippen LogP contribution >= 0.6 is 0 Å². The number of carbonyl (C=O) groups is 1. The third-order valence-electron chi connectivity index (χ3n) is 6.53. The molecule has 2 aromatic rings. The third kappa shape index (κ3) is 6.00. The highest BCUT2D eigenvalue weighted by Gasteiger charge is 2.37. The van der Waals surface area contributed by atoms with Gasteiger partial charge in [0.25, 0.3) is 0 Å². The Morgan fingerprint density at radius 1 is 1.15 bits per heavy atom. The Kier molecular flexibility index (Phi) is 7.45. The zero-order chi connectivity index (χ0) is 23.3. The number of rotatable bonds is 9. The molecule has 1 N–H and O–H groups in total. The molecule has 8 heteroatoms. The van der Waals surface area contributed by atoms with Crippen molar-refractivity contribution in [1.29, 1.82) is 0 Å². The van der Waals surface area contributed by atoms with Gasteiger partial charge in [0.15, 0.2) is 0 Å². The van der Waals surface area contributed by atoms with Crippen molar-refractivity contribution in [2.24, 2.45) is 5.92 Å². The molecule has 3 fully saturated rings. The van der Waals surface area contributed by atoms with Gasteiger partial charge >= 0.3 is 6.09 Å². The van der Waals surface area contributed by atoms with Gasteiger partial charge in [-0.25, -0.2) is 4.79 Å². The number of aromatic nitrogens is 2. The summed E-state index contributed by atoms with van der Waals surface area (Å²) in [5, 5.41) is 11.5. The summed E-state index contributed by atoms with van der Waals surface area (Å²) in [6, 6.07) is 11.7. The van der Waals surface area contributed by atoms with Crippen LogP contribution in [0.1, 0.15) is 38.7 Å². The number of carbonyl (C=O) groups excluding carboxylic acids is 1. The number of hydrogen-bond acceptors (Lipinski definition) is 7. The number of methoxy groups -OCH3 is 1. The average molecular weight is 455 g/mol. The van der Waals surface area contributed by atoms with Gasteiger partial charge < -0.3 is 19.5 Å². The van der Waals surface area contributed by atoms with Crippen LogP contribution in [0.3, 0.4) is 0 Å². The van der Waals surface area contributed by atoms with Crippen LogP contribution in [-0.2, 0) is 15.0 Å². The topological polar surface area (TPSA) is 85.8 Å². The number of ether oxygens (including phenoxy) is 3. The highest BCUT2D eigenvalue weighted by molar-refractivity contribution is 5.69. The maximum absolute atomic E-state index is 12.7. The summed E-state index contributed by atoms with van der Waals surface area (Å²) in [4.78, 5) is 15.1. The monoisotopic (exact) mass is 454 g/mol. The summed E-state index contributed by atoms with van der Waals surface area (Å²) in [7, 11) is 1.67. The van der Waals surface area contributed by atoms with Gasteiger partial charge in [-0.3, -0.25) is 4.90 Å². The van der Waals surface area contributed by atoms with E-state index in [1.54, 1.807) is 7.11 Å². The first-order valence-corrected chi connectivity index (χ1v) is 11.7. The number of hydrogen-bond donors (Lipinski definition) is 1. The lowest BCUT2D eigenvalue weighted by molar-refractivity contribution is -0.0349. The smallest absolute Gasteiger partial charge is 0.408 e. The lowest BCUT2D eigenvalue weighted by atomic mass is 9.86. The summed E-state index contributed by atoms with van der Waals surface area (Å²) in [6.07, 6.45) is 2.65. The van der Waals surface area contributed by atoms with Crippen LogP contribution in [0.15, 0.2) is 36.4 Å². The fourth-order valence-corrected chi connectivity index (χ4v) is 4.54. The van der Waals surface area contributed by atoms with Gasteiger partial charge in [-0.1, -0.05) is 18.2 Å². The summed E-state index contributed by atoms with van der Waals surface area (Å²) in [5.74, 6) is 0.973. The van der Waals surface area contributed by atoms with E-state index in [0.29, 0.717) is 25.0 Å². The fourth-order valence-electron chi connectivity index (χ4n) is 4.54. The van der Waals surface area contributed by atoms with E-state index in [9.17, 15) is 4.79 Å². The van der Waals surface area contributed by atoms with E-state index in [1.807, 2.05) is 50.2 Å². The van der Waals surface area contributed by atoms with E-state index < -0.39 is 5.54 Å². The second-order valence-electron chi connectivity index (χ2n) is 9.36. The maximum atomic E-state index is 12.7. The van der Waals surface area contributed by atoms with E-state index in [1.165, 1.54) is 0 Å². The average Bonchev–Trinajstić information content (AvgIpc) is 2.83. The van der Waals surface area contributed by atoms with Crippen LogP contribution in [0.2, 0.25) is 0 Å². The molecule has 1 aromatic carbocycles. The molecule has 0 saturated carbocycles. The minimum atomic E-state index is -0.598. The molecule has 3 aliphatic heterocycles. The molecule has 1 aromatic heterocycles. The second-order valence-corrected chi connectivity index (χ2v) is 9.36. The largest absolute Gasteiger partial charge is 0.477 e. The Balaban J connectivity index is 1.37. The van der Waals surface area contributed by atoms with Gasteiger partial charge in [-0.05, 0) is 63.4 Å². The molecule has 1 unspecified atom stereocenters. The predicted octanol–water partition coefficient (Wildman–Crippen LogP) is 3.61. The molecule has 0 aliphatic carbocycles. The number of alkyl carbamates (subject to hydrolysis) is 1. The van der Waals surface area contributed by atoms with E-state index in [4.69, 9.17) is 14.2 Å². The zero-order valence-corrected chi connectivity index (χ0v) is 19.8. The molecule has 3 aliphatic rings. The van der Waals surface area contributed by atoms with E-state index in [-0.39, 0.29) is 12.2 Å². The molecule has 178 valence electrons. The quantitative estimate of drug-likeness (QED) is 0.579. The lowest BCUT2D eigenvalue weighted by Gasteiger charge is -2.44. The van der Waals surface area contributed by atoms with Crippen molar-refractivity contribution in [3.8, 4) is 17.1 Å². The minimum absolute atomic E-state index is 0.0138. The maximum Gasteiger partial charge on any atom is 0.408 e. The van der Waals surface area contributed by atoms with Crippen molar-refractivity contribution >= 4 is 6.09 Å². The first-order valence-electron chi connectivity index (χ1n) is 11.7. The number of piperidine rings is 3. The van der Waals surface area contributed by atoms with E-state index in [0.717, 1.165) is 55.7 Å². The van der Waals surface area contributed by atoms with Crippen LogP contribution in [0.5, 0.6) is 5.88 Å². The Bertz CT molecular complexity index is 926. The molecule has 4 heterocycles. The summed E-state index contributed by atoms with van der Waals surface area (Å²) >= 11 is 0. The standard InChI is InChI=1S/C25H34N4O4/c1-25(2,26-24(30)33-22-17-29-12-10-18(22)11-13-29)20-7-4-6-19(16-20)21-8-9-23(28-27-21)32-15-5-14-31-3/h4,6-9,16,18,22H,5,10-15,17H2,1-3H3,(H,26,30). The molecule has 1 amide bonds. The van der Waals surface area contributed by atoms with Crippen LogP contribution in [-0.4, -0.2) is 67.3 Å². The van der Waals surface area contributed by atoms with Crippen molar-refractivity contribution < 1.29 is 19.0 Å². The molecule has 33 heavy (non-hydrogen) atoms. The summed E-state index contributed by atoms with van der Waals surface area (Å²) in [6.45, 7) is 8.22. The number of amides is 1. The first-order chi connectivity index (χ1) is 15.9. The summed E-state index contributed by atoms with van der Waals surface area (Å²) < 4.78 is 16.4. The molecule has 5 rings (SSSR count). The Hall–Kier alpha value is -2.71. The number of nitrogens with zero attached hydrogens (tertiary/aromatic N) is 3. The number of nitrogens with one attached hydrogen (secondary N) is 1. The Morgan fingerprint density at radius 3 is 2.64 bits per heavy atom. The molecule has 2 bridgehead atoms. The lowest BCUT2D eigenvalue weighted by Crippen LogP contribution is -2.53. The zero-order valence-electron chi connectivity index (χ0n) is 19.8. The SMILES string of the molecule is COCCCOc1ccc(-c2cccc(C(C)(C)NC(=O)OC3CN4CCC3CC4)c2)nn1. The van der Waals surface area contributed by atoms with E-state index >= 15 is 0 Å². The van der Waals surface area contributed by atoms with Crippen molar-refractivity contribution in [2.75, 3.05) is 40.0 Å². The Labute approximate surface area is 195 Å². The highest BCUT2D eigenvalue weighted by Crippen LogP contribution is 2.30. The van der Waals surface area contributed by atoms with Crippen molar-refractivity contribution in [1.82, 2.24) is 20.4 Å². The van der Waals surface area contributed by atoms with Crippen LogP contribution in [0.4, 0.5) is 4.79 Å². The van der Waals surface area contributed by atoms with Crippen molar-refractivity contribution in [2.45, 2.75) is 44.8 Å². The van der Waals surface area contributed by atoms with E-state index in [2.05, 4.69) is 20.4 Å². The summed E-state index contributed by atoms with van der Waals surface area (Å²) in [5.41, 5.74) is 2.03. The first kappa shape index (κ1) is 23.4. The van der Waals surface area contributed by atoms with Crippen molar-refractivity contribution in [3.63, 3.8) is 0 Å². The molecule has 0 radical (unpaired) electrons. The third-order valence-corrected chi connectivity index (χ3v) is 6.53. The predicted molar refractivity (Wildman–Crippen MR) is 125 cm³/mol. The van der Waals surface area contributed by atoms with Gasteiger partial charge in [0.2, 0.25) is 5.88 Å². The molecule has 8 nitrogen and oxygen atoms in total. The molecule has 1 atom stereocenters. The van der Waals surface area contributed by atoms with Gasteiger partial charge in [-0.15, -0.1) is 10.2 Å². The Morgan fingerprint density at radius 2 is 1.97 bits per heavy atom. The molecule has 3 saturated heterocycles. The molecular weight excluding hydrogens is 420 g/mol. The highest BCUT2D eigenvalue weighted by atomic mass is 16.6. The van der Waals surface area contributed by atoms with Gasteiger partial charge in [-0.2, -0.15) is 0 Å². The molecule has 0 spiro atoms. The number of benzene rings is 1. The van der Waals surface area contributed by atoms with Gasteiger partial charge in [0.05, 0.1) is 17.8 Å². The van der Waals surface area contributed by atoms with Crippen LogP contribution < -0.4 is 10.1 Å². The van der Waals surface area contributed by atoms with Crippen LogP contribution in [0.25, 0.3) is 11.3 Å². The van der Waals surface area contributed by atoms with Gasteiger partial charge in [0.1, 0.15) is 6.10 Å². The second kappa shape index (κ2) is 10.5. The van der Waals surface area contributed by atoms with Crippen LogP contribution in [0, 0.1) is 5.92 Å². The normalized spacial score (nSPS) is 22.1.